The van der Waals surface area contributed by atoms with Gasteiger partial charge in [0.15, 0.2) is 5.82 Å². The number of rotatable bonds is 4. The summed E-state index contributed by atoms with van der Waals surface area (Å²) in [6.07, 6.45) is 4.33. The number of piperazine rings is 1. The fraction of sp³-hybridized carbons (Fsp3) is 0.190. The molecule has 0 unspecified atom stereocenters. The highest BCUT2D eigenvalue weighted by Gasteiger charge is 2.18. The lowest BCUT2D eigenvalue weighted by Gasteiger charge is -2.33. The van der Waals surface area contributed by atoms with Gasteiger partial charge in [0.25, 0.3) is 0 Å². The maximum atomic E-state index is 8.90. The van der Waals surface area contributed by atoms with E-state index in [1.807, 2.05) is 18.2 Å². The maximum absolute atomic E-state index is 8.90. The van der Waals surface area contributed by atoms with Crippen molar-refractivity contribution >= 4 is 22.7 Å². The molecular weight excluding hydrogens is 354 g/mol. The van der Waals surface area contributed by atoms with Gasteiger partial charge in [-0.2, -0.15) is 14.6 Å². The second kappa shape index (κ2) is 8.02. The van der Waals surface area contributed by atoms with E-state index in [0.717, 1.165) is 42.7 Å². The molecule has 1 fully saturated rings. The van der Waals surface area contributed by atoms with Crippen LogP contribution in [0.25, 0.3) is 17.5 Å². The predicted octanol–water partition coefficient (Wildman–Crippen LogP) is 3.87. The van der Waals surface area contributed by atoms with Gasteiger partial charge in [-0.05, 0) is 42.1 Å². The van der Waals surface area contributed by atoms with Crippen LogP contribution in [-0.4, -0.2) is 40.4 Å². The van der Waals surface area contributed by atoms with Gasteiger partial charge in [-0.3, -0.25) is 0 Å². The summed E-state index contributed by atoms with van der Waals surface area (Å²) in [4.78, 5) is 9.32. The predicted molar refractivity (Wildman–Crippen MR) is 109 cm³/mol. The number of benzene rings is 2. The Bertz CT molecular complexity index is 948. The molecule has 3 aromatic rings. The zero-order valence-electron chi connectivity index (χ0n) is 14.8. The van der Waals surface area contributed by atoms with Crippen LogP contribution in [0.5, 0.6) is 0 Å². The lowest BCUT2D eigenvalue weighted by Crippen LogP contribution is -2.44. The maximum Gasteiger partial charge on any atom is 0.205 e. The van der Waals surface area contributed by atoms with Gasteiger partial charge in [0.2, 0.25) is 5.13 Å². The highest BCUT2D eigenvalue weighted by molar-refractivity contribution is 7.09. The van der Waals surface area contributed by atoms with Gasteiger partial charge in [-0.1, -0.05) is 30.3 Å². The zero-order valence-corrected chi connectivity index (χ0v) is 15.6. The van der Waals surface area contributed by atoms with Crippen molar-refractivity contribution in [2.75, 3.05) is 31.1 Å². The average Bonchev–Trinajstić information content (AvgIpc) is 3.24. The van der Waals surface area contributed by atoms with E-state index in [9.17, 15) is 0 Å². The second-order valence-corrected chi connectivity index (χ2v) is 7.07. The number of nitrogens with zero attached hydrogens (tertiary/aromatic N) is 5. The lowest BCUT2D eigenvalue weighted by molar-refractivity contribution is 0.351. The second-order valence-electron chi connectivity index (χ2n) is 6.34. The summed E-state index contributed by atoms with van der Waals surface area (Å²) in [5, 5.41) is 9.86. The van der Waals surface area contributed by atoms with Crippen molar-refractivity contribution in [1.29, 1.82) is 5.26 Å². The molecule has 0 bridgehead atoms. The smallest absolute Gasteiger partial charge is 0.205 e. The Morgan fingerprint density at radius 1 is 0.963 bits per heavy atom. The van der Waals surface area contributed by atoms with Crippen LogP contribution >= 0.6 is 11.5 Å². The Labute approximate surface area is 163 Å². The molecule has 1 aliphatic rings. The summed E-state index contributed by atoms with van der Waals surface area (Å²) in [5.74, 6) is 0.728. The molecule has 1 aliphatic heterocycles. The van der Waals surface area contributed by atoms with E-state index in [1.165, 1.54) is 17.1 Å². The molecule has 4 rings (SSSR count). The standard InChI is InChI=1S/C21H19N5S/c22-16-18-6-8-19(9-7-18)20-23-21(27-24-20)26-14-12-25(13-15-26)11-10-17-4-2-1-3-5-17/h1-11H,12-15H2. The number of hydrogen-bond donors (Lipinski definition) is 0. The third-order valence-electron chi connectivity index (χ3n) is 4.55. The van der Waals surface area contributed by atoms with E-state index in [2.05, 4.69) is 56.8 Å². The SMILES string of the molecule is N#Cc1ccc(-c2nsc(N3CCN(C=Cc4ccccc4)CC3)n2)cc1. The van der Waals surface area contributed by atoms with Crippen molar-refractivity contribution in [3.05, 3.63) is 71.9 Å². The first-order valence-corrected chi connectivity index (χ1v) is 9.66. The van der Waals surface area contributed by atoms with Crippen LogP contribution < -0.4 is 4.90 Å². The molecule has 5 nitrogen and oxygen atoms in total. The van der Waals surface area contributed by atoms with Gasteiger partial charge in [-0.25, -0.2) is 0 Å². The third kappa shape index (κ3) is 4.15. The van der Waals surface area contributed by atoms with Crippen molar-refractivity contribution in [2.45, 2.75) is 0 Å². The molecular formula is C21H19N5S. The molecule has 27 heavy (non-hydrogen) atoms. The molecule has 0 spiro atoms. The first-order chi connectivity index (χ1) is 13.3. The normalized spacial score (nSPS) is 14.5. The molecule has 1 aromatic heterocycles. The Hall–Kier alpha value is -3.17. The van der Waals surface area contributed by atoms with E-state index in [4.69, 9.17) is 10.2 Å². The molecule has 0 saturated carbocycles. The van der Waals surface area contributed by atoms with Crippen molar-refractivity contribution in [3.63, 3.8) is 0 Å². The van der Waals surface area contributed by atoms with E-state index >= 15 is 0 Å². The monoisotopic (exact) mass is 373 g/mol. The zero-order chi connectivity index (χ0) is 18.5. The summed E-state index contributed by atoms with van der Waals surface area (Å²) in [6.45, 7) is 3.80. The van der Waals surface area contributed by atoms with Crippen LogP contribution in [0.3, 0.4) is 0 Å². The quantitative estimate of drug-likeness (QED) is 0.695. The van der Waals surface area contributed by atoms with Crippen LogP contribution in [0.1, 0.15) is 11.1 Å². The first kappa shape index (κ1) is 17.3. The van der Waals surface area contributed by atoms with Crippen molar-refractivity contribution in [3.8, 4) is 17.5 Å². The molecule has 0 aliphatic carbocycles. The fourth-order valence-electron chi connectivity index (χ4n) is 2.97. The molecule has 0 N–H and O–H groups in total. The van der Waals surface area contributed by atoms with Crippen molar-refractivity contribution in [1.82, 2.24) is 14.3 Å². The Kier molecular flexibility index (Phi) is 5.13. The van der Waals surface area contributed by atoms with E-state index in [1.54, 1.807) is 12.1 Å². The van der Waals surface area contributed by atoms with Crippen LogP contribution in [0.2, 0.25) is 0 Å². The van der Waals surface area contributed by atoms with Gasteiger partial charge >= 0.3 is 0 Å². The van der Waals surface area contributed by atoms with Gasteiger partial charge in [0.05, 0.1) is 11.6 Å². The van der Waals surface area contributed by atoms with Crippen LogP contribution in [0.15, 0.2) is 60.8 Å². The summed E-state index contributed by atoms with van der Waals surface area (Å²) >= 11 is 1.44. The number of anilines is 1. The Morgan fingerprint density at radius 2 is 1.70 bits per heavy atom. The topological polar surface area (TPSA) is 56.1 Å². The number of hydrogen-bond acceptors (Lipinski definition) is 6. The molecule has 6 heteroatoms. The fourth-order valence-corrected chi connectivity index (χ4v) is 3.71. The van der Waals surface area contributed by atoms with Crippen LogP contribution in [-0.2, 0) is 0 Å². The van der Waals surface area contributed by atoms with Crippen molar-refractivity contribution < 1.29 is 0 Å². The van der Waals surface area contributed by atoms with Crippen LogP contribution in [0.4, 0.5) is 5.13 Å². The summed E-state index contributed by atoms with van der Waals surface area (Å²) in [6, 6.07) is 19.9. The molecule has 0 amide bonds. The van der Waals surface area contributed by atoms with E-state index in [0.29, 0.717) is 5.56 Å². The van der Waals surface area contributed by atoms with Gasteiger partial charge in [-0.15, -0.1) is 0 Å². The minimum Gasteiger partial charge on any atom is -0.374 e. The lowest BCUT2D eigenvalue weighted by atomic mass is 10.1. The van der Waals surface area contributed by atoms with Crippen molar-refractivity contribution in [2.24, 2.45) is 0 Å². The summed E-state index contributed by atoms with van der Waals surface area (Å²) in [5.41, 5.74) is 2.81. The largest absolute Gasteiger partial charge is 0.374 e. The minimum atomic E-state index is 0.647. The van der Waals surface area contributed by atoms with Gasteiger partial charge < -0.3 is 9.80 Å². The first-order valence-electron chi connectivity index (χ1n) is 8.88. The van der Waals surface area contributed by atoms with Gasteiger partial charge in [0.1, 0.15) is 0 Å². The Morgan fingerprint density at radius 3 is 2.41 bits per heavy atom. The molecule has 0 radical (unpaired) electrons. The summed E-state index contributed by atoms with van der Waals surface area (Å²) < 4.78 is 4.49. The van der Waals surface area contributed by atoms with Crippen LogP contribution in [0, 0.1) is 11.3 Å². The molecule has 0 atom stereocenters. The molecule has 2 heterocycles. The minimum absolute atomic E-state index is 0.647. The molecule has 1 saturated heterocycles. The van der Waals surface area contributed by atoms with E-state index < -0.39 is 0 Å². The highest BCUT2D eigenvalue weighted by Crippen LogP contribution is 2.25. The molecule has 2 aromatic carbocycles. The number of aromatic nitrogens is 2. The van der Waals surface area contributed by atoms with E-state index in [-0.39, 0.29) is 0 Å². The average molecular weight is 373 g/mol. The van der Waals surface area contributed by atoms with Gasteiger partial charge in [0, 0.05) is 43.3 Å². The Balaban J connectivity index is 1.36. The number of nitriles is 1. The third-order valence-corrected chi connectivity index (χ3v) is 5.33. The summed E-state index contributed by atoms with van der Waals surface area (Å²) in [7, 11) is 0. The molecule has 134 valence electrons. The highest BCUT2D eigenvalue weighted by atomic mass is 32.1.